The van der Waals surface area contributed by atoms with E-state index in [9.17, 15) is 35.9 Å². The molecule has 0 unspecified atom stereocenters. The van der Waals surface area contributed by atoms with Crippen molar-refractivity contribution in [2.24, 2.45) is 0 Å². The lowest BCUT2D eigenvalue weighted by Crippen LogP contribution is -2.52. The minimum absolute atomic E-state index is 0.282. The Hall–Kier alpha value is -4.78. The average molecular weight is 691 g/mol. The molecule has 0 aliphatic rings. The third-order valence-corrected chi connectivity index (χ3v) is 7.03. The number of alkyl halides is 6. The highest BCUT2D eigenvalue weighted by atomic mass is 19.4. The molecule has 0 amide bonds. The van der Waals surface area contributed by atoms with E-state index in [2.05, 4.69) is 28.4 Å². The summed E-state index contributed by atoms with van der Waals surface area (Å²) >= 11 is 0. The van der Waals surface area contributed by atoms with Crippen LogP contribution >= 0.6 is 0 Å². The summed E-state index contributed by atoms with van der Waals surface area (Å²) < 4.78 is 104. The monoisotopic (exact) mass is 690 g/mol. The number of esters is 2. The molecule has 2 aromatic carbocycles. The second-order valence-electron chi connectivity index (χ2n) is 10.2. The van der Waals surface area contributed by atoms with Crippen LogP contribution in [0.2, 0.25) is 0 Å². The Bertz CT molecular complexity index is 1560. The Labute approximate surface area is 281 Å². The van der Waals surface area contributed by atoms with Gasteiger partial charge in [-0.15, -0.1) is 0 Å². The highest BCUT2D eigenvalue weighted by Gasteiger charge is 2.65. The van der Waals surface area contributed by atoms with Gasteiger partial charge in [-0.05, 0) is 49.3 Å². The molecule has 0 radical (unpaired) electrons. The first-order valence-corrected chi connectivity index (χ1v) is 15.0. The summed E-state index contributed by atoms with van der Waals surface area (Å²) in [6.07, 6.45) is -0.266. The van der Waals surface area contributed by atoms with Crippen LogP contribution < -0.4 is 0 Å². The first-order chi connectivity index (χ1) is 23.3. The Balaban J connectivity index is 1.88. The van der Waals surface area contributed by atoms with E-state index in [1.165, 1.54) is 54.6 Å². The molecule has 0 N–H and O–H groups in total. The minimum atomic E-state index is -5.07. The van der Waals surface area contributed by atoms with Crippen LogP contribution in [-0.2, 0) is 39.7 Å². The number of carbonyl (C=O) groups excluding carboxylic acids is 2. The van der Waals surface area contributed by atoms with Crippen LogP contribution in [0.1, 0.15) is 43.7 Å². The summed E-state index contributed by atoms with van der Waals surface area (Å²) in [6, 6.07) is 13.1. The van der Waals surface area contributed by atoms with Gasteiger partial charge >= 0.3 is 24.3 Å². The molecule has 49 heavy (non-hydrogen) atoms. The molecule has 0 aliphatic heterocycles. The molecule has 0 fully saturated rings. The van der Waals surface area contributed by atoms with Gasteiger partial charge in [0, 0.05) is 25.3 Å². The Morgan fingerprint density at radius 2 is 1.22 bits per heavy atom. The molecule has 262 valence electrons. The van der Waals surface area contributed by atoms with Gasteiger partial charge in [0.1, 0.15) is 12.7 Å². The molecule has 6 nitrogen and oxygen atoms in total. The fourth-order valence-electron chi connectivity index (χ4n) is 4.64. The third-order valence-electron chi connectivity index (χ3n) is 7.03. The van der Waals surface area contributed by atoms with Crippen LogP contribution in [-0.4, -0.2) is 51.2 Å². The van der Waals surface area contributed by atoms with Crippen molar-refractivity contribution in [1.29, 1.82) is 0 Å². The first-order valence-electron chi connectivity index (χ1n) is 15.0. The molecular formula is C37H36F6O6. The minimum Gasteiger partial charge on any atom is -0.460 e. The summed E-state index contributed by atoms with van der Waals surface area (Å²) in [5.74, 6) is 7.07. The Kier molecular flexibility index (Phi) is 15.9. The molecule has 0 aliphatic carbocycles. The smallest absolute Gasteiger partial charge is 0.432 e. The molecule has 0 saturated heterocycles. The number of rotatable bonds is 15. The van der Waals surface area contributed by atoms with E-state index >= 15 is 0 Å². The van der Waals surface area contributed by atoms with Crippen molar-refractivity contribution in [2.45, 2.75) is 62.3 Å². The zero-order valence-corrected chi connectivity index (χ0v) is 27.1. The molecule has 12 heteroatoms. The normalized spacial score (nSPS) is 15.0. The van der Waals surface area contributed by atoms with Gasteiger partial charge in [0.25, 0.3) is 11.2 Å². The van der Waals surface area contributed by atoms with Gasteiger partial charge in [0.2, 0.25) is 0 Å². The van der Waals surface area contributed by atoms with Gasteiger partial charge in [-0.3, -0.25) is 0 Å². The molecule has 0 spiro atoms. The standard InChI is InChI=1S/C37H36F6O6/c1-4-22-31(49-33(45)35(47-3,37(41,42)43)30-25-18-15-19-26-30)27-20-12-10-8-6-5-7-9-11-13-21-28-48-32(44)34(46-2,36(38,39)40)29-23-16-14-17-24-29/h6,8,10,12-19,21,23-26,31H,4,20,22,27-28H2,1-3H3/b8-6+,12-10+,21-13+/t31-,34+,35+/m1/s1. The molecule has 2 aromatic rings. The van der Waals surface area contributed by atoms with E-state index in [1.807, 2.05) is 6.92 Å². The molecule has 0 saturated carbocycles. The molecular weight excluding hydrogens is 654 g/mol. The van der Waals surface area contributed by atoms with Gasteiger partial charge in [0.05, 0.1) is 0 Å². The van der Waals surface area contributed by atoms with E-state index in [1.54, 1.807) is 18.2 Å². The maximum atomic E-state index is 14.2. The molecule has 3 atom stereocenters. The fraction of sp³-hybridized carbons (Fsp3) is 0.351. The first kappa shape index (κ1) is 40.4. The average Bonchev–Trinajstić information content (AvgIpc) is 3.05. The van der Waals surface area contributed by atoms with Crippen molar-refractivity contribution in [1.82, 2.24) is 0 Å². The van der Waals surface area contributed by atoms with Crippen molar-refractivity contribution in [3.05, 3.63) is 108 Å². The number of methoxy groups -OCH3 is 2. The summed E-state index contributed by atoms with van der Waals surface area (Å²) in [5.41, 5.74) is -7.32. The lowest BCUT2D eigenvalue weighted by Gasteiger charge is -2.33. The number of allylic oxidation sites excluding steroid dienone is 5. The van der Waals surface area contributed by atoms with Crippen molar-refractivity contribution >= 4 is 11.9 Å². The van der Waals surface area contributed by atoms with E-state index in [0.29, 0.717) is 19.3 Å². The van der Waals surface area contributed by atoms with Gasteiger partial charge in [-0.1, -0.05) is 104 Å². The molecule has 0 heterocycles. The highest BCUT2D eigenvalue weighted by molar-refractivity contribution is 5.83. The number of ether oxygens (including phenoxy) is 4. The van der Waals surface area contributed by atoms with Crippen molar-refractivity contribution in [3.63, 3.8) is 0 Å². The van der Waals surface area contributed by atoms with E-state index in [4.69, 9.17) is 14.2 Å². The number of halogens is 6. The predicted octanol–water partition coefficient (Wildman–Crippen LogP) is 7.91. The topological polar surface area (TPSA) is 71.1 Å². The number of carbonyl (C=O) groups is 2. The second-order valence-corrected chi connectivity index (χ2v) is 10.2. The number of hydrogen-bond donors (Lipinski definition) is 0. The lowest BCUT2D eigenvalue weighted by atomic mass is 9.92. The maximum absolute atomic E-state index is 14.2. The van der Waals surface area contributed by atoms with Gasteiger partial charge < -0.3 is 18.9 Å². The zero-order chi connectivity index (χ0) is 36.4. The molecule has 0 bridgehead atoms. The van der Waals surface area contributed by atoms with E-state index in [-0.39, 0.29) is 12.0 Å². The largest absolute Gasteiger partial charge is 0.460 e. The zero-order valence-electron chi connectivity index (χ0n) is 27.1. The van der Waals surface area contributed by atoms with Gasteiger partial charge in [0.15, 0.2) is 0 Å². The second kappa shape index (κ2) is 19.3. The summed E-state index contributed by atoms with van der Waals surface area (Å²) in [5, 5.41) is 0. The fourth-order valence-corrected chi connectivity index (χ4v) is 4.64. The van der Waals surface area contributed by atoms with Crippen LogP contribution in [0.3, 0.4) is 0 Å². The Morgan fingerprint density at radius 1 is 0.714 bits per heavy atom. The highest BCUT2D eigenvalue weighted by Crippen LogP contribution is 2.44. The molecule has 0 aromatic heterocycles. The van der Waals surface area contributed by atoms with Crippen LogP contribution in [0.15, 0.2) is 97.1 Å². The summed E-state index contributed by atoms with van der Waals surface area (Å²) in [4.78, 5) is 25.4. The van der Waals surface area contributed by atoms with Crippen molar-refractivity contribution in [3.8, 4) is 23.7 Å². The predicted molar refractivity (Wildman–Crippen MR) is 170 cm³/mol. The summed E-state index contributed by atoms with van der Waals surface area (Å²) in [7, 11) is 1.59. The quantitative estimate of drug-likeness (QED) is 0.0820. The number of hydrogen-bond acceptors (Lipinski definition) is 6. The maximum Gasteiger partial charge on any atom is 0.432 e. The van der Waals surface area contributed by atoms with Gasteiger partial charge in [-0.25, -0.2) is 9.59 Å². The van der Waals surface area contributed by atoms with E-state index in [0.717, 1.165) is 38.5 Å². The van der Waals surface area contributed by atoms with Crippen LogP contribution in [0.4, 0.5) is 26.3 Å². The lowest BCUT2D eigenvalue weighted by molar-refractivity contribution is -0.278. The van der Waals surface area contributed by atoms with Crippen LogP contribution in [0.5, 0.6) is 0 Å². The van der Waals surface area contributed by atoms with Crippen molar-refractivity contribution in [2.75, 3.05) is 20.8 Å². The van der Waals surface area contributed by atoms with Crippen LogP contribution in [0.25, 0.3) is 0 Å². The van der Waals surface area contributed by atoms with E-state index < -0.39 is 53.8 Å². The summed E-state index contributed by atoms with van der Waals surface area (Å²) in [6.45, 7) is 1.34. The third kappa shape index (κ3) is 10.6. The van der Waals surface area contributed by atoms with Crippen molar-refractivity contribution < 1.29 is 54.9 Å². The van der Waals surface area contributed by atoms with Gasteiger partial charge in [-0.2, -0.15) is 26.3 Å². The Morgan fingerprint density at radius 3 is 1.71 bits per heavy atom. The SMILES string of the molecule is CCC[C@H](CC/C=C/C=C/C#CC#C/C=C/COC(=O)[C@@](OC)(c1ccccc1)C(F)(F)F)OC(=O)[C@@](OC)(c1ccccc1)C(F)(F)F. The van der Waals surface area contributed by atoms with Crippen LogP contribution in [0, 0.1) is 23.7 Å². The molecule has 2 rings (SSSR count). The number of benzene rings is 2.